The number of hydrogen-bond donors (Lipinski definition) is 1. The Bertz CT molecular complexity index is 140. The Balaban J connectivity index is 2.13. The van der Waals surface area contributed by atoms with Gasteiger partial charge in [0.25, 0.3) is 0 Å². The van der Waals surface area contributed by atoms with Crippen LogP contribution in [-0.2, 0) is 9.47 Å². The summed E-state index contributed by atoms with van der Waals surface area (Å²) >= 11 is 0. The Hall–Kier alpha value is -0.120. The van der Waals surface area contributed by atoms with Crippen molar-refractivity contribution in [2.24, 2.45) is 10.8 Å². The van der Waals surface area contributed by atoms with Crippen LogP contribution in [0.3, 0.4) is 0 Å². The van der Waals surface area contributed by atoms with Crippen LogP contribution in [0.4, 0.5) is 0 Å². The molecule has 2 fully saturated rings. The molecule has 0 aliphatic carbocycles. The molecule has 0 aromatic rings. The summed E-state index contributed by atoms with van der Waals surface area (Å²) in [5, 5.41) is 9.33. The fraction of sp³-hybridized carbons (Fsp3) is 1.00. The van der Waals surface area contributed by atoms with Gasteiger partial charge in [-0.15, -0.1) is 0 Å². The molecule has 0 atom stereocenters. The summed E-state index contributed by atoms with van der Waals surface area (Å²) in [6, 6.07) is 0. The molecule has 70 valence electrons. The lowest BCUT2D eigenvalue weighted by atomic mass is 9.59. The summed E-state index contributed by atoms with van der Waals surface area (Å²) in [6.45, 7) is 5.42. The minimum absolute atomic E-state index is 0.0139. The van der Waals surface area contributed by atoms with Crippen molar-refractivity contribution < 1.29 is 14.6 Å². The average molecular weight is 172 g/mol. The monoisotopic (exact) mass is 172 g/mol. The first-order chi connectivity index (χ1) is 5.79. The van der Waals surface area contributed by atoms with Gasteiger partial charge in [-0.05, 0) is 6.42 Å². The zero-order valence-corrected chi connectivity index (χ0v) is 7.51. The van der Waals surface area contributed by atoms with Gasteiger partial charge >= 0.3 is 0 Å². The second-order valence-electron chi connectivity index (χ2n) is 4.06. The lowest BCUT2D eigenvalue weighted by molar-refractivity contribution is -0.280. The predicted molar refractivity (Wildman–Crippen MR) is 43.9 cm³/mol. The van der Waals surface area contributed by atoms with Crippen molar-refractivity contribution >= 4 is 0 Å². The van der Waals surface area contributed by atoms with Crippen molar-refractivity contribution in [1.82, 2.24) is 0 Å². The van der Waals surface area contributed by atoms with Gasteiger partial charge in [0.05, 0.1) is 38.4 Å². The van der Waals surface area contributed by atoms with Gasteiger partial charge in [0.2, 0.25) is 0 Å². The molecule has 2 saturated heterocycles. The minimum Gasteiger partial charge on any atom is -0.396 e. The standard InChI is InChI=1S/C9H16O3/c1-2-8(4-11-5-8)9(3-10)6-12-7-9/h10H,2-7H2,1H3. The van der Waals surface area contributed by atoms with Crippen molar-refractivity contribution in [2.75, 3.05) is 33.0 Å². The highest BCUT2D eigenvalue weighted by Crippen LogP contribution is 2.51. The Morgan fingerprint density at radius 2 is 1.58 bits per heavy atom. The molecule has 1 N–H and O–H groups in total. The van der Waals surface area contributed by atoms with Crippen LogP contribution < -0.4 is 0 Å². The molecule has 2 aliphatic heterocycles. The molecule has 0 unspecified atom stereocenters. The summed E-state index contributed by atoms with van der Waals surface area (Å²) in [6.07, 6.45) is 1.08. The van der Waals surface area contributed by atoms with Gasteiger partial charge in [0.15, 0.2) is 0 Å². The Morgan fingerprint density at radius 3 is 1.67 bits per heavy atom. The lowest BCUT2D eigenvalue weighted by Crippen LogP contribution is -2.65. The van der Waals surface area contributed by atoms with Crippen molar-refractivity contribution in [3.05, 3.63) is 0 Å². The zero-order chi connectivity index (χ0) is 8.66. The lowest BCUT2D eigenvalue weighted by Gasteiger charge is -2.58. The number of ether oxygens (including phenoxy) is 2. The number of aliphatic hydroxyl groups is 1. The molecule has 0 amide bonds. The summed E-state index contributed by atoms with van der Waals surface area (Å²) in [4.78, 5) is 0. The van der Waals surface area contributed by atoms with Gasteiger partial charge in [-0.1, -0.05) is 6.92 Å². The summed E-state index contributed by atoms with van der Waals surface area (Å²) in [5.41, 5.74) is 0.222. The van der Waals surface area contributed by atoms with E-state index in [0.29, 0.717) is 13.2 Å². The summed E-state index contributed by atoms with van der Waals surface area (Å²) < 4.78 is 10.4. The second kappa shape index (κ2) is 2.69. The number of rotatable bonds is 3. The Labute approximate surface area is 72.7 Å². The van der Waals surface area contributed by atoms with Gasteiger partial charge in [0, 0.05) is 5.41 Å². The van der Waals surface area contributed by atoms with Crippen LogP contribution in [0.2, 0.25) is 0 Å². The molecule has 0 spiro atoms. The smallest absolute Gasteiger partial charge is 0.0574 e. The predicted octanol–water partition coefficient (Wildman–Crippen LogP) is 0.422. The number of hydrogen-bond acceptors (Lipinski definition) is 3. The molecule has 0 radical (unpaired) electrons. The summed E-state index contributed by atoms with van der Waals surface area (Å²) in [7, 11) is 0. The molecule has 2 heterocycles. The molecule has 0 bridgehead atoms. The first-order valence-corrected chi connectivity index (χ1v) is 4.55. The van der Waals surface area contributed by atoms with Crippen LogP contribution >= 0.6 is 0 Å². The van der Waals surface area contributed by atoms with E-state index in [9.17, 15) is 5.11 Å². The first-order valence-electron chi connectivity index (χ1n) is 4.55. The third kappa shape index (κ3) is 0.817. The molecule has 3 nitrogen and oxygen atoms in total. The number of aliphatic hydroxyl groups excluding tert-OH is 1. The van der Waals surface area contributed by atoms with Gasteiger partial charge in [-0.3, -0.25) is 0 Å². The molecule has 0 aromatic heterocycles. The van der Waals surface area contributed by atoms with Gasteiger partial charge in [0.1, 0.15) is 0 Å². The van der Waals surface area contributed by atoms with Crippen LogP contribution in [-0.4, -0.2) is 38.1 Å². The van der Waals surface area contributed by atoms with Gasteiger partial charge < -0.3 is 14.6 Å². The molecular formula is C9H16O3. The van der Waals surface area contributed by atoms with Crippen LogP contribution in [0.1, 0.15) is 13.3 Å². The van der Waals surface area contributed by atoms with Crippen molar-refractivity contribution in [1.29, 1.82) is 0 Å². The van der Waals surface area contributed by atoms with E-state index in [-0.39, 0.29) is 17.4 Å². The van der Waals surface area contributed by atoms with Crippen LogP contribution in [0, 0.1) is 10.8 Å². The van der Waals surface area contributed by atoms with E-state index in [0.717, 1.165) is 19.6 Å². The van der Waals surface area contributed by atoms with E-state index in [1.165, 1.54) is 0 Å². The van der Waals surface area contributed by atoms with Crippen molar-refractivity contribution in [2.45, 2.75) is 13.3 Å². The molecule has 0 saturated carbocycles. The molecule has 2 aliphatic rings. The fourth-order valence-electron chi connectivity index (χ4n) is 2.15. The second-order valence-corrected chi connectivity index (χ2v) is 4.06. The topological polar surface area (TPSA) is 38.7 Å². The largest absolute Gasteiger partial charge is 0.396 e. The molecule has 0 aromatic carbocycles. The Kier molecular flexibility index (Phi) is 1.90. The fourth-order valence-corrected chi connectivity index (χ4v) is 2.15. The van der Waals surface area contributed by atoms with E-state index >= 15 is 0 Å². The van der Waals surface area contributed by atoms with E-state index in [1.807, 2.05) is 0 Å². The highest BCUT2D eigenvalue weighted by molar-refractivity contribution is 5.04. The summed E-state index contributed by atoms with van der Waals surface area (Å²) in [5.74, 6) is 0. The van der Waals surface area contributed by atoms with Crippen molar-refractivity contribution in [3.8, 4) is 0 Å². The maximum atomic E-state index is 9.33. The molecule has 2 rings (SSSR count). The minimum atomic E-state index is 0.0139. The molecule has 12 heavy (non-hydrogen) atoms. The normalized spacial score (nSPS) is 30.5. The maximum Gasteiger partial charge on any atom is 0.0574 e. The highest BCUT2D eigenvalue weighted by atomic mass is 16.5. The van der Waals surface area contributed by atoms with Gasteiger partial charge in [-0.25, -0.2) is 0 Å². The van der Waals surface area contributed by atoms with Crippen LogP contribution in [0.15, 0.2) is 0 Å². The van der Waals surface area contributed by atoms with E-state index in [4.69, 9.17) is 9.47 Å². The highest BCUT2D eigenvalue weighted by Gasteiger charge is 2.58. The van der Waals surface area contributed by atoms with Crippen LogP contribution in [0.5, 0.6) is 0 Å². The van der Waals surface area contributed by atoms with E-state index < -0.39 is 0 Å². The van der Waals surface area contributed by atoms with Crippen molar-refractivity contribution in [3.63, 3.8) is 0 Å². The molecular weight excluding hydrogens is 156 g/mol. The molecule has 3 heteroatoms. The quantitative estimate of drug-likeness (QED) is 0.670. The Morgan fingerprint density at radius 1 is 1.08 bits per heavy atom. The third-order valence-corrected chi connectivity index (χ3v) is 3.62. The van der Waals surface area contributed by atoms with Gasteiger partial charge in [-0.2, -0.15) is 0 Å². The maximum absolute atomic E-state index is 9.33. The SMILES string of the molecule is CCC1(C2(CO)COC2)COC1. The zero-order valence-electron chi connectivity index (χ0n) is 7.51. The first kappa shape index (κ1) is 8.48. The third-order valence-electron chi connectivity index (χ3n) is 3.62. The average Bonchev–Trinajstić information content (AvgIpc) is 1.92. The van der Waals surface area contributed by atoms with E-state index in [1.54, 1.807) is 0 Å². The van der Waals surface area contributed by atoms with E-state index in [2.05, 4.69) is 6.92 Å². The van der Waals surface area contributed by atoms with Crippen LogP contribution in [0.25, 0.3) is 0 Å².